The highest BCUT2D eigenvalue weighted by atomic mass is 32.2. The van der Waals surface area contributed by atoms with Crippen LogP contribution in [-0.4, -0.2) is 26.7 Å². The first kappa shape index (κ1) is 17.1. The molecule has 0 amide bonds. The van der Waals surface area contributed by atoms with Crippen molar-refractivity contribution in [3.8, 4) is 0 Å². The van der Waals surface area contributed by atoms with E-state index < -0.39 is 10.0 Å². The van der Waals surface area contributed by atoms with E-state index in [1.165, 1.54) is 0 Å². The molecule has 1 atom stereocenters. The first-order valence-corrected chi connectivity index (χ1v) is 8.28. The van der Waals surface area contributed by atoms with Gasteiger partial charge in [-0.3, -0.25) is 0 Å². The summed E-state index contributed by atoms with van der Waals surface area (Å²) < 4.78 is 27.3. The highest BCUT2D eigenvalue weighted by Crippen LogP contribution is 2.26. The Morgan fingerprint density at radius 2 is 1.90 bits per heavy atom. The Labute approximate surface area is 122 Å². The highest BCUT2D eigenvalue weighted by Gasteiger charge is 2.21. The van der Waals surface area contributed by atoms with Crippen LogP contribution in [0.3, 0.4) is 0 Å². The van der Waals surface area contributed by atoms with E-state index in [1.54, 1.807) is 19.9 Å². The Bertz CT molecular complexity index is 559. The number of hydrogen-bond acceptors (Lipinski definition) is 3. The normalized spacial score (nSPS) is 14.3. The second-order valence-corrected chi connectivity index (χ2v) is 8.11. The second-order valence-electron chi connectivity index (χ2n) is 6.37. The number of hydrogen-bond donors (Lipinski definition) is 2. The van der Waals surface area contributed by atoms with Crippen molar-refractivity contribution in [2.24, 2.45) is 5.92 Å². The van der Waals surface area contributed by atoms with Crippen LogP contribution in [0.25, 0.3) is 0 Å². The SMILES string of the molecule is Cc1ccc(C(C)(C)C)cc1S(=O)(=O)NCC(C)CO. The van der Waals surface area contributed by atoms with Crippen molar-refractivity contribution >= 4 is 10.0 Å². The number of benzene rings is 1. The van der Waals surface area contributed by atoms with Gasteiger partial charge >= 0.3 is 0 Å². The van der Waals surface area contributed by atoms with Gasteiger partial charge in [-0.1, -0.05) is 39.8 Å². The predicted molar refractivity (Wildman–Crippen MR) is 81.3 cm³/mol. The highest BCUT2D eigenvalue weighted by molar-refractivity contribution is 7.89. The topological polar surface area (TPSA) is 66.4 Å². The maximum Gasteiger partial charge on any atom is 0.240 e. The quantitative estimate of drug-likeness (QED) is 0.876. The van der Waals surface area contributed by atoms with E-state index in [4.69, 9.17) is 5.11 Å². The Morgan fingerprint density at radius 1 is 1.30 bits per heavy atom. The summed E-state index contributed by atoms with van der Waals surface area (Å²) in [5.74, 6) is -0.101. The number of aliphatic hydroxyl groups is 1. The van der Waals surface area contributed by atoms with Gasteiger partial charge in [0.2, 0.25) is 10.0 Å². The van der Waals surface area contributed by atoms with Gasteiger partial charge in [0.25, 0.3) is 0 Å². The molecule has 0 heterocycles. The first-order valence-electron chi connectivity index (χ1n) is 6.79. The Kier molecular flexibility index (Phi) is 5.35. The molecule has 114 valence electrons. The van der Waals surface area contributed by atoms with Gasteiger partial charge in [0.1, 0.15) is 0 Å². The molecular weight excluding hydrogens is 274 g/mol. The maximum absolute atomic E-state index is 12.4. The molecule has 1 unspecified atom stereocenters. The van der Waals surface area contributed by atoms with Crippen LogP contribution in [0.5, 0.6) is 0 Å². The van der Waals surface area contributed by atoms with Gasteiger partial charge < -0.3 is 5.11 Å². The Hall–Kier alpha value is -0.910. The molecule has 1 rings (SSSR count). The molecular formula is C15H25NO3S. The van der Waals surface area contributed by atoms with Crippen molar-refractivity contribution in [3.05, 3.63) is 29.3 Å². The van der Waals surface area contributed by atoms with Crippen molar-refractivity contribution in [1.29, 1.82) is 0 Å². The van der Waals surface area contributed by atoms with Crippen LogP contribution in [0.1, 0.15) is 38.8 Å². The van der Waals surface area contributed by atoms with Crippen molar-refractivity contribution in [2.75, 3.05) is 13.2 Å². The monoisotopic (exact) mass is 299 g/mol. The van der Waals surface area contributed by atoms with Crippen molar-refractivity contribution < 1.29 is 13.5 Å². The van der Waals surface area contributed by atoms with Gasteiger partial charge in [-0.25, -0.2) is 13.1 Å². The van der Waals surface area contributed by atoms with Crippen molar-refractivity contribution in [1.82, 2.24) is 4.72 Å². The lowest BCUT2D eigenvalue weighted by Crippen LogP contribution is -2.30. The summed E-state index contributed by atoms with van der Waals surface area (Å²) in [6.07, 6.45) is 0. The van der Waals surface area contributed by atoms with Gasteiger partial charge in [0.05, 0.1) is 4.90 Å². The van der Waals surface area contributed by atoms with E-state index in [0.29, 0.717) is 4.90 Å². The molecule has 0 aliphatic carbocycles. The summed E-state index contributed by atoms with van der Waals surface area (Å²) in [4.78, 5) is 0.315. The van der Waals surface area contributed by atoms with Crippen LogP contribution in [0.4, 0.5) is 0 Å². The minimum atomic E-state index is -3.54. The van der Waals surface area contributed by atoms with Crippen molar-refractivity contribution in [3.63, 3.8) is 0 Å². The molecule has 5 heteroatoms. The fourth-order valence-electron chi connectivity index (χ4n) is 1.75. The maximum atomic E-state index is 12.4. The van der Waals surface area contributed by atoms with E-state index in [-0.39, 0.29) is 24.5 Å². The molecule has 0 saturated carbocycles. The summed E-state index contributed by atoms with van der Waals surface area (Å²) in [7, 11) is -3.54. The zero-order chi connectivity index (χ0) is 15.6. The van der Waals surface area contributed by atoms with E-state index >= 15 is 0 Å². The average Bonchev–Trinajstić information content (AvgIpc) is 2.34. The molecule has 0 aliphatic rings. The average molecular weight is 299 g/mol. The molecule has 2 N–H and O–H groups in total. The minimum Gasteiger partial charge on any atom is -0.396 e. The third kappa shape index (κ3) is 4.30. The van der Waals surface area contributed by atoms with E-state index in [2.05, 4.69) is 25.5 Å². The lowest BCUT2D eigenvalue weighted by molar-refractivity contribution is 0.238. The second kappa shape index (κ2) is 6.24. The molecule has 20 heavy (non-hydrogen) atoms. The molecule has 0 radical (unpaired) electrons. The van der Waals surface area contributed by atoms with Gasteiger partial charge in [-0.2, -0.15) is 0 Å². The van der Waals surface area contributed by atoms with E-state index in [1.807, 2.05) is 12.1 Å². The summed E-state index contributed by atoms with van der Waals surface area (Å²) in [5, 5.41) is 8.97. The first-order chi connectivity index (χ1) is 9.08. The third-order valence-electron chi connectivity index (χ3n) is 3.28. The Morgan fingerprint density at radius 3 is 2.40 bits per heavy atom. The molecule has 1 aromatic rings. The predicted octanol–water partition coefficient (Wildman–Crippen LogP) is 2.20. The van der Waals surface area contributed by atoms with Crippen LogP contribution in [0, 0.1) is 12.8 Å². The van der Waals surface area contributed by atoms with Gasteiger partial charge in [0, 0.05) is 13.2 Å². The molecule has 0 spiro atoms. The molecule has 0 aliphatic heterocycles. The lowest BCUT2D eigenvalue weighted by atomic mass is 9.87. The van der Waals surface area contributed by atoms with E-state index in [9.17, 15) is 8.42 Å². The van der Waals surface area contributed by atoms with Crippen LogP contribution < -0.4 is 4.72 Å². The molecule has 0 fully saturated rings. The Balaban J connectivity index is 3.11. The summed E-state index contributed by atoms with van der Waals surface area (Å²) >= 11 is 0. The third-order valence-corrected chi connectivity index (χ3v) is 4.84. The molecule has 1 aromatic carbocycles. The zero-order valence-corrected chi connectivity index (χ0v) is 13.7. The largest absolute Gasteiger partial charge is 0.396 e. The summed E-state index contributed by atoms with van der Waals surface area (Å²) in [6.45, 7) is 9.93. The number of sulfonamides is 1. The fourth-order valence-corrected chi connectivity index (χ4v) is 3.18. The van der Waals surface area contributed by atoms with E-state index in [0.717, 1.165) is 11.1 Å². The van der Waals surface area contributed by atoms with Gasteiger partial charge in [0.15, 0.2) is 0 Å². The zero-order valence-electron chi connectivity index (χ0n) is 12.9. The van der Waals surface area contributed by atoms with Crippen LogP contribution in [-0.2, 0) is 15.4 Å². The lowest BCUT2D eigenvalue weighted by Gasteiger charge is -2.21. The summed E-state index contributed by atoms with van der Waals surface area (Å²) in [6, 6.07) is 5.54. The molecule has 0 saturated heterocycles. The molecule has 0 bridgehead atoms. The number of aryl methyl sites for hydroxylation is 1. The number of nitrogens with one attached hydrogen (secondary N) is 1. The number of aliphatic hydroxyl groups excluding tert-OH is 1. The number of rotatable bonds is 5. The smallest absolute Gasteiger partial charge is 0.240 e. The van der Waals surface area contributed by atoms with Gasteiger partial charge in [-0.05, 0) is 35.4 Å². The van der Waals surface area contributed by atoms with Gasteiger partial charge in [-0.15, -0.1) is 0 Å². The molecule has 0 aromatic heterocycles. The van der Waals surface area contributed by atoms with Crippen LogP contribution in [0.15, 0.2) is 23.1 Å². The van der Waals surface area contributed by atoms with Crippen molar-refractivity contribution in [2.45, 2.75) is 44.9 Å². The van der Waals surface area contributed by atoms with Crippen LogP contribution >= 0.6 is 0 Å². The minimum absolute atomic E-state index is 0.0382. The fraction of sp³-hybridized carbons (Fsp3) is 0.600. The van der Waals surface area contributed by atoms with Crippen LogP contribution in [0.2, 0.25) is 0 Å². The standard InChI is InChI=1S/C15H25NO3S/c1-11(10-17)9-16-20(18,19)14-8-13(15(3,4)5)7-6-12(14)2/h6-8,11,16-17H,9-10H2,1-5H3. The molecule has 4 nitrogen and oxygen atoms in total. The summed E-state index contributed by atoms with van der Waals surface area (Å²) in [5.41, 5.74) is 1.61.